The van der Waals surface area contributed by atoms with Gasteiger partial charge in [-0.3, -0.25) is 9.78 Å². The number of carbonyl (C=O) groups is 1. The molecule has 0 bridgehead atoms. The highest BCUT2D eigenvalue weighted by molar-refractivity contribution is 5.72. The number of anilines is 1. The zero-order valence-electron chi connectivity index (χ0n) is 11.7. The van der Waals surface area contributed by atoms with Crippen LogP contribution in [0, 0.1) is 5.92 Å². The van der Waals surface area contributed by atoms with Crippen LogP contribution in [-0.2, 0) is 9.53 Å². The molecule has 4 heteroatoms. The number of hydrogen-bond donors (Lipinski definition) is 0. The fourth-order valence-electron chi connectivity index (χ4n) is 2.73. The molecule has 1 saturated carbocycles. The van der Waals surface area contributed by atoms with Crippen LogP contribution in [-0.4, -0.2) is 30.6 Å². The van der Waals surface area contributed by atoms with Crippen molar-refractivity contribution in [1.82, 2.24) is 4.98 Å². The summed E-state index contributed by atoms with van der Waals surface area (Å²) in [5, 5.41) is 0. The molecule has 0 saturated heterocycles. The van der Waals surface area contributed by atoms with Crippen LogP contribution in [0.25, 0.3) is 0 Å². The van der Waals surface area contributed by atoms with Crippen molar-refractivity contribution in [2.24, 2.45) is 5.92 Å². The van der Waals surface area contributed by atoms with E-state index in [0.29, 0.717) is 12.6 Å². The van der Waals surface area contributed by atoms with Gasteiger partial charge < -0.3 is 9.64 Å². The second kappa shape index (κ2) is 6.55. The number of rotatable bonds is 4. The molecule has 1 aliphatic rings. The van der Waals surface area contributed by atoms with Crippen molar-refractivity contribution in [3.05, 3.63) is 24.5 Å². The van der Waals surface area contributed by atoms with Crippen LogP contribution in [0.3, 0.4) is 0 Å². The summed E-state index contributed by atoms with van der Waals surface area (Å²) in [5.74, 6) is 0.0727. The van der Waals surface area contributed by atoms with E-state index in [1.165, 1.54) is 0 Å². The predicted molar refractivity (Wildman–Crippen MR) is 75.0 cm³/mol. The molecule has 1 heterocycles. The molecule has 0 atom stereocenters. The molecule has 1 aliphatic carbocycles. The van der Waals surface area contributed by atoms with Gasteiger partial charge in [-0.1, -0.05) is 0 Å². The van der Waals surface area contributed by atoms with Crippen LogP contribution in [0.5, 0.6) is 0 Å². The highest BCUT2D eigenvalue weighted by Gasteiger charge is 2.29. The number of esters is 1. The van der Waals surface area contributed by atoms with Gasteiger partial charge >= 0.3 is 5.97 Å². The quantitative estimate of drug-likeness (QED) is 0.782. The number of aromatic nitrogens is 1. The third kappa shape index (κ3) is 3.46. The molecular formula is C15H22N2O2. The Morgan fingerprint density at radius 2 is 2.16 bits per heavy atom. The van der Waals surface area contributed by atoms with E-state index in [0.717, 1.165) is 31.4 Å². The maximum atomic E-state index is 11.7. The molecule has 1 fully saturated rings. The first-order valence-electron chi connectivity index (χ1n) is 7.02. The van der Waals surface area contributed by atoms with Crippen LogP contribution in [0.1, 0.15) is 32.6 Å². The Bertz CT molecular complexity index is 400. The van der Waals surface area contributed by atoms with E-state index in [4.69, 9.17) is 4.74 Å². The van der Waals surface area contributed by atoms with E-state index in [1.54, 1.807) is 6.20 Å². The van der Waals surface area contributed by atoms with Crippen molar-refractivity contribution in [3.63, 3.8) is 0 Å². The Morgan fingerprint density at radius 1 is 1.42 bits per heavy atom. The third-order valence-corrected chi connectivity index (χ3v) is 3.92. The fourth-order valence-corrected chi connectivity index (χ4v) is 2.73. The summed E-state index contributed by atoms with van der Waals surface area (Å²) >= 11 is 0. The smallest absolute Gasteiger partial charge is 0.308 e. The lowest BCUT2D eigenvalue weighted by Gasteiger charge is -2.35. The van der Waals surface area contributed by atoms with E-state index in [-0.39, 0.29) is 11.9 Å². The minimum Gasteiger partial charge on any atom is -0.466 e. The summed E-state index contributed by atoms with van der Waals surface area (Å²) in [6, 6.07) is 4.52. The molecule has 0 aromatic carbocycles. The summed E-state index contributed by atoms with van der Waals surface area (Å²) in [7, 11) is 2.10. The van der Waals surface area contributed by atoms with Gasteiger partial charge in [0.05, 0.1) is 24.4 Å². The average molecular weight is 262 g/mol. The Labute approximate surface area is 114 Å². The normalized spacial score (nSPS) is 22.8. The molecule has 0 unspecified atom stereocenters. The van der Waals surface area contributed by atoms with E-state index in [9.17, 15) is 4.79 Å². The number of hydrogen-bond acceptors (Lipinski definition) is 4. The molecule has 104 valence electrons. The lowest BCUT2D eigenvalue weighted by Crippen LogP contribution is -2.37. The first kappa shape index (κ1) is 13.8. The summed E-state index contributed by atoms with van der Waals surface area (Å²) < 4.78 is 5.10. The molecule has 0 N–H and O–H groups in total. The zero-order chi connectivity index (χ0) is 13.7. The lowest BCUT2D eigenvalue weighted by molar-refractivity contribution is -0.149. The van der Waals surface area contributed by atoms with Crippen LogP contribution >= 0.6 is 0 Å². The highest BCUT2D eigenvalue weighted by atomic mass is 16.5. The van der Waals surface area contributed by atoms with Crippen LogP contribution < -0.4 is 4.90 Å². The van der Waals surface area contributed by atoms with Crippen LogP contribution in [0.4, 0.5) is 5.69 Å². The van der Waals surface area contributed by atoms with E-state index in [1.807, 2.05) is 19.2 Å². The Kier molecular flexibility index (Phi) is 4.77. The molecule has 0 spiro atoms. The van der Waals surface area contributed by atoms with Gasteiger partial charge in [-0.15, -0.1) is 0 Å². The summed E-state index contributed by atoms with van der Waals surface area (Å²) in [6.07, 6.45) is 7.60. The Hall–Kier alpha value is -1.58. The van der Waals surface area contributed by atoms with Crippen molar-refractivity contribution >= 4 is 11.7 Å². The number of nitrogens with zero attached hydrogens (tertiary/aromatic N) is 2. The topological polar surface area (TPSA) is 42.4 Å². The Balaban J connectivity index is 1.88. The second-order valence-electron chi connectivity index (χ2n) is 5.08. The molecule has 19 heavy (non-hydrogen) atoms. The fraction of sp³-hybridized carbons (Fsp3) is 0.600. The third-order valence-electron chi connectivity index (χ3n) is 3.92. The minimum absolute atomic E-state index is 0.0232. The number of ether oxygens (including phenoxy) is 1. The molecule has 1 aromatic heterocycles. The van der Waals surface area contributed by atoms with Gasteiger partial charge in [0.15, 0.2) is 0 Å². The minimum atomic E-state index is -0.0232. The lowest BCUT2D eigenvalue weighted by atomic mass is 9.85. The monoisotopic (exact) mass is 262 g/mol. The number of carbonyl (C=O) groups excluding carboxylic acids is 1. The number of pyridine rings is 1. The second-order valence-corrected chi connectivity index (χ2v) is 5.08. The summed E-state index contributed by atoms with van der Waals surface area (Å²) in [4.78, 5) is 18.1. The van der Waals surface area contributed by atoms with Crippen LogP contribution in [0.2, 0.25) is 0 Å². The standard InChI is InChI=1S/C15H22N2O2/c1-3-19-15(18)12-6-8-13(9-7-12)17(2)14-5-4-10-16-11-14/h4-5,10-13H,3,6-9H2,1-2H3. The zero-order valence-corrected chi connectivity index (χ0v) is 11.7. The van der Waals surface area contributed by atoms with Crippen LogP contribution in [0.15, 0.2) is 24.5 Å². The van der Waals surface area contributed by atoms with Crippen molar-refractivity contribution in [2.75, 3.05) is 18.6 Å². The summed E-state index contributed by atoms with van der Waals surface area (Å²) in [5.41, 5.74) is 1.14. The maximum absolute atomic E-state index is 11.7. The largest absolute Gasteiger partial charge is 0.466 e. The van der Waals surface area contributed by atoms with E-state index >= 15 is 0 Å². The Morgan fingerprint density at radius 3 is 2.74 bits per heavy atom. The van der Waals surface area contributed by atoms with Crippen molar-refractivity contribution in [3.8, 4) is 0 Å². The van der Waals surface area contributed by atoms with Gasteiger partial charge in [0.1, 0.15) is 0 Å². The van der Waals surface area contributed by atoms with E-state index in [2.05, 4.69) is 23.0 Å². The molecule has 0 aliphatic heterocycles. The first-order valence-corrected chi connectivity index (χ1v) is 7.02. The van der Waals surface area contributed by atoms with Gasteiger partial charge in [0.2, 0.25) is 0 Å². The first-order chi connectivity index (χ1) is 9.22. The molecule has 4 nitrogen and oxygen atoms in total. The molecule has 1 aromatic rings. The van der Waals surface area contributed by atoms with Gasteiger partial charge in [-0.2, -0.15) is 0 Å². The SMILES string of the molecule is CCOC(=O)C1CCC(N(C)c2cccnc2)CC1. The van der Waals surface area contributed by atoms with Gasteiger partial charge in [-0.05, 0) is 44.7 Å². The average Bonchev–Trinajstić information content (AvgIpc) is 2.48. The molecule has 0 radical (unpaired) electrons. The molecular weight excluding hydrogens is 240 g/mol. The van der Waals surface area contributed by atoms with Crippen molar-refractivity contribution < 1.29 is 9.53 Å². The summed E-state index contributed by atoms with van der Waals surface area (Å²) in [6.45, 7) is 2.34. The molecule has 2 rings (SSSR count). The molecule has 0 amide bonds. The van der Waals surface area contributed by atoms with E-state index < -0.39 is 0 Å². The van der Waals surface area contributed by atoms with Gasteiger partial charge in [0.25, 0.3) is 0 Å². The van der Waals surface area contributed by atoms with Gasteiger partial charge in [-0.25, -0.2) is 0 Å². The van der Waals surface area contributed by atoms with Crippen molar-refractivity contribution in [2.45, 2.75) is 38.6 Å². The highest BCUT2D eigenvalue weighted by Crippen LogP contribution is 2.30. The maximum Gasteiger partial charge on any atom is 0.308 e. The van der Waals surface area contributed by atoms with Crippen molar-refractivity contribution in [1.29, 1.82) is 0 Å². The predicted octanol–water partition coefficient (Wildman–Crippen LogP) is 2.64. The van der Waals surface area contributed by atoms with Gasteiger partial charge in [0, 0.05) is 19.3 Å².